The van der Waals surface area contributed by atoms with E-state index in [4.69, 9.17) is 4.74 Å². The summed E-state index contributed by atoms with van der Waals surface area (Å²) in [5.41, 5.74) is 0.707. The smallest absolute Gasteiger partial charge is 0.407 e. The number of fused-ring (bicyclic) bond motifs is 1. The van der Waals surface area contributed by atoms with Gasteiger partial charge in [-0.3, -0.25) is 19.8 Å². The van der Waals surface area contributed by atoms with E-state index in [0.717, 1.165) is 25.9 Å². The molecule has 3 aliphatic heterocycles. The number of rotatable bonds is 9. The number of nitro benzene ring substituents is 1. The summed E-state index contributed by atoms with van der Waals surface area (Å²) >= 11 is 1.88. The van der Waals surface area contributed by atoms with E-state index in [2.05, 4.69) is 17.1 Å². The molecular weight excluding hydrogens is 484 g/mol. The number of non-ortho nitro benzene ring substituents is 1. The van der Waals surface area contributed by atoms with Crippen LogP contribution in [0, 0.1) is 27.9 Å². The van der Waals surface area contributed by atoms with Gasteiger partial charge in [-0.2, -0.15) is 0 Å². The van der Waals surface area contributed by atoms with Crippen molar-refractivity contribution >= 4 is 29.4 Å². The molecule has 1 aromatic carbocycles. The van der Waals surface area contributed by atoms with Crippen molar-refractivity contribution in [2.75, 3.05) is 19.6 Å². The number of thioether (sulfide) groups is 1. The average Bonchev–Trinajstić information content (AvgIpc) is 3.06. The van der Waals surface area contributed by atoms with Crippen molar-refractivity contribution in [1.82, 2.24) is 15.1 Å². The Morgan fingerprint density at radius 2 is 2.00 bits per heavy atom. The van der Waals surface area contributed by atoms with Crippen molar-refractivity contribution in [3.63, 3.8) is 0 Å². The molecule has 3 fully saturated rings. The van der Waals surface area contributed by atoms with Crippen molar-refractivity contribution < 1.29 is 24.4 Å². The molecule has 36 heavy (non-hydrogen) atoms. The number of aliphatic hydroxyl groups is 1. The van der Waals surface area contributed by atoms with Crippen LogP contribution in [0.2, 0.25) is 0 Å². The lowest BCUT2D eigenvalue weighted by Crippen LogP contribution is -2.61. The maximum atomic E-state index is 12.2. The number of hydrogen-bond donors (Lipinski definition) is 2. The maximum Gasteiger partial charge on any atom is 0.407 e. The third kappa shape index (κ3) is 4.83. The first-order valence-corrected chi connectivity index (χ1v) is 13.4. The minimum Gasteiger partial charge on any atom is -0.445 e. The number of aliphatic hydroxyl groups excluding tert-OH is 1. The molecular formula is C25H32N4O6S. The van der Waals surface area contributed by atoms with Gasteiger partial charge < -0.3 is 20.1 Å². The van der Waals surface area contributed by atoms with Gasteiger partial charge in [-0.1, -0.05) is 6.92 Å². The first-order valence-electron chi connectivity index (χ1n) is 12.5. The fourth-order valence-electron chi connectivity index (χ4n) is 5.65. The summed E-state index contributed by atoms with van der Waals surface area (Å²) in [5, 5.41) is 24.0. The summed E-state index contributed by atoms with van der Waals surface area (Å²) in [6, 6.07) is 6.62. The number of ether oxygens (including phenoxy) is 1. The zero-order valence-electron chi connectivity index (χ0n) is 20.4. The molecule has 3 heterocycles. The van der Waals surface area contributed by atoms with Gasteiger partial charge in [0.05, 0.1) is 23.0 Å². The van der Waals surface area contributed by atoms with Gasteiger partial charge in [-0.25, -0.2) is 4.79 Å². The molecule has 1 aromatic rings. The van der Waals surface area contributed by atoms with Gasteiger partial charge in [-0.05, 0) is 43.4 Å². The normalized spacial score (nSPS) is 30.4. The number of alkyl carbamates (subject to hydrolysis) is 1. The number of β-lactam (4-membered cyclic amide) rings is 1. The van der Waals surface area contributed by atoms with Crippen LogP contribution in [0.4, 0.5) is 10.5 Å². The number of amides is 2. The molecule has 2 saturated heterocycles. The Balaban J connectivity index is 0.955. The Hall–Kier alpha value is -2.63. The topological polar surface area (TPSA) is 125 Å². The highest BCUT2D eigenvalue weighted by atomic mass is 32.2. The number of hydrogen-bond acceptors (Lipinski definition) is 8. The van der Waals surface area contributed by atoms with Gasteiger partial charge in [0.25, 0.3) is 5.69 Å². The third-order valence-electron chi connectivity index (χ3n) is 7.93. The van der Waals surface area contributed by atoms with Crippen molar-refractivity contribution in [3.05, 3.63) is 51.0 Å². The predicted molar refractivity (Wildman–Crippen MR) is 134 cm³/mol. The van der Waals surface area contributed by atoms with Gasteiger partial charge in [-0.15, -0.1) is 11.8 Å². The van der Waals surface area contributed by atoms with E-state index in [0.29, 0.717) is 29.3 Å². The van der Waals surface area contributed by atoms with Crippen LogP contribution in [0.15, 0.2) is 35.4 Å². The lowest BCUT2D eigenvalue weighted by atomic mass is 9.78. The molecule has 0 aromatic heterocycles. The van der Waals surface area contributed by atoms with Crippen molar-refractivity contribution in [2.45, 2.75) is 56.7 Å². The largest absolute Gasteiger partial charge is 0.445 e. The van der Waals surface area contributed by atoms with Crippen LogP contribution in [0.5, 0.6) is 0 Å². The minimum absolute atomic E-state index is 0.00674. The lowest BCUT2D eigenvalue weighted by Gasteiger charge is -2.50. The molecule has 10 nitrogen and oxygen atoms in total. The highest BCUT2D eigenvalue weighted by Gasteiger charge is 2.55. The Morgan fingerprint density at radius 3 is 2.64 bits per heavy atom. The van der Waals surface area contributed by atoms with Crippen molar-refractivity contribution in [3.8, 4) is 0 Å². The van der Waals surface area contributed by atoms with Crippen LogP contribution >= 0.6 is 11.8 Å². The first-order chi connectivity index (χ1) is 17.2. The van der Waals surface area contributed by atoms with E-state index >= 15 is 0 Å². The Bertz CT molecular complexity index is 1050. The molecule has 5 rings (SSSR count). The molecule has 0 radical (unpaired) electrons. The van der Waals surface area contributed by atoms with Crippen molar-refractivity contribution in [2.24, 2.45) is 17.8 Å². The molecule has 4 atom stereocenters. The number of carbonyl (C=O) groups excluding carboxylic acids is 2. The molecule has 2 amide bonds. The summed E-state index contributed by atoms with van der Waals surface area (Å²) in [4.78, 5) is 40.0. The van der Waals surface area contributed by atoms with E-state index in [1.165, 1.54) is 17.0 Å². The second-order valence-corrected chi connectivity index (χ2v) is 11.8. The van der Waals surface area contributed by atoms with Gasteiger partial charge >= 0.3 is 6.09 Å². The summed E-state index contributed by atoms with van der Waals surface area (Å²) in [6.07, 6.45) is 3.03. The summed E-state index contributed by atoms with van der Waals surface area (Å²) in [5.74, 6) is 0.489. The Morgan fingerprint density at radius 1 is 1.31 bits per heavy atom. The fraction of sp³-hybridized carbons (Fsp3) is 0.600. The van der Waals surface area contributed by atoms with Gasteiger partial charge in [0, 0.05) is 60.1 Å². The van der Waals surface area contributed by atoms with E-state index < -0.39 is 17.1 Å². The zero-order valence-corrected chi connectivity index (χ0v) is 21.2. The number of benzene rings is 1. The molecule has 4 aliphatic rings. The standard InChI is InChI=1S/C25H32N4O6S/c1-14-21(12-28-23(14)22(15(2)30)24(28)31)36-20-10-27(11-20)19-7-17(8-19)9-26-25(32)35-13-16-3-5-18(6-4-16)29(33)34/h3-6,12,14-15,17,19-20,22-23,30H,7-11,13H2,1-2H3,(H,26,32)/t14-,15+,17?,19?,22+,23+/m0/s1. The van der Waals surface area contributed by atoms with Crippen LogP contribution in [0.25, 0.3) is 0 Å². The quantitative estimate of drug-likeness (QED) is 0.292. The lowest BCUT2D eigenvalue weighted by molar-refractivity contribution is -0.384. The van der Waals surface area contributed by atoms with E-state index in [1.54, 1.807) is 24.0 Å². The number of carbonyl (C=O) groups is 2. The molecule has 0 bridgehead atoms. The highest BCUT2D eigenvalue weighted by Crippen LogP contribution is 2.49. The SMILES string of the molecule is C[C@@H](O)[C@H]1C(=O)N2C=C(SC3CN(C4CC(CNC(=O)OCc5ccc([N+](=O)[O-])cc5)C4)C3)[C@H](C)[C@H]12. The molecule has 2 N–H and O–H groups in total. The van der Waals surface area contributed by atoms with Crippen LogP contribution in [0.1, 0.15) is 32.3 Å². The van der Waals surface area contributed by atoms with E-state index in [1.807, 2.05) is 18.0 Å². The fourth-order valence-corrected chi connectivity index (χ4v) is 7.10. The third-order valence-corrected chi connectivity index (χ3v) is 9.32. The first kappa shape index (κ1) is 25.0. The molecule has 1 aliphatic carbocycles. The highest BCUT2D eigenvalue weighted by molar-refractivity contribution is 8.03. The Kier molecular flexibility index (Phi) is 6.97. The number of nitro groups is 1. The monoisotopic (exact) mass is 516 g/mol. The minimum atomic E-state index is -0.601. The molecule has 194 valence electrons. The molecule has 0 spiro atoms. The second-order valence-electron chi connectivity index (χ2n) is 10.4. The molecule has 11 heteroatoms. The zero-order chi connectivity index (χ0) is 25.6. The Labute approximate surface area is 214 Å². The number of likely N-dealkylation sites (tertiary alicyclic amines) is 1. The summed E-state index contributed by atoms with van der Waals surface area (Å²) < 4.78 is 5.21. The number of nitrogens with one attached hydrogen (secondary N) is 1. The summed E-state index contributed by atoms with van der Waals surface area (Å²) in [7, 11) is 0. The van der Waals surface area contributed by atoms with E-state index in [-0.39, 0.29) is 36.1 Å². The van der Waals surface area contributed by atoms with Gasteiger partial charge in [0.2, 0.25) is 5.91 Å². The van der Waals surface area contributed by atoms with Crippen LogP contribution in [-0.4, -0.2) is 74.9 Å². The molecule has 0 unspecified atom stereocenters. The van der Waals surface area contributed by atoms with Crippen LogP contribution in [0.3, 0.4) is 0 Å². The van der Waals surface area contributed by atoms with Crippen LogP contribution < -0.4 is 5.32 Å². The van der Waals surface area contributed by atoms with Crippen molar-refractivity contribution in [1.29, 1.82) is 0 Å². The second kappa shape index (κ2) is 10.0. The summed E-state index contributed by atoms with van der Waals surface area (Å²) in [6.45, 7) is 6.59. The molecule has 1 saturated carbocycles. The van der Waals surface area contributed by atoms with Gasteiger partial charge in [0.15, 0.2) is 0 Å². The number of nitrogens with zero attached hydrogens (tertiary/aromatic N) is 3. The maximum absolute atomic E-state index is 12.2. The van der Waals surface area contributed by atoms with Gasteiger partial charge in [0.1, 0.15) is 6.61 Å². The van der Waals surface area contributed by atoms with E-state index in [9.17, 15) is 24.8 Å². The average molecular weight is 517 g/mol. The van der Waals surface area contributed by atoms with Crippen LogP contribution in [-0.2, 0) is 16.1 Å². The predicted octanol–water partition coefficient (Wildman–Crippen LogP) is 2.72.